The summed E-state index contributed by atoms with van der Waals surface area (Å²) in [7, 11) is 0. The van der Waals surface area contributed by atoms with Crippen molar-refractivity contribution >= 4 is 43.7 Å². The highest BCUT2D eigenvalue weighted by molar-refractivity contribution is 9.11. The fourth-order valence-corrected chi connectivity index (χ4v) is 2.75. The van der Waals surface area contributed by atoms with Gasteiger partial charge < -0.3 is 5.73 Å². The summed E-state index contributed by atoms with van der Waals surface area (Å²) in [5.41, 5.74) is 6.47. The van der Waals surface area contributed by atoms with E-state index in [0.29, 0.717) is 11.7 Å². The molecule has 0 aromatic carbocycles. The Morgan fingerprint density at radius 3 is 2.93 bits per heavy atom. The minimum absolute atomic E-state index is 0.121. The number of nitrogen functional groups attached to an aromatic ring is 1. The SMILES string of the molecule is Nc1nn(Cc2csc(Br)c2)c(=O)s1. The summed E-state index contributed by atoms with van der Waals surface area (Å²) < 4.78 is 2.41. The van der Waals surface area contributed by atoms with Crippen LogP contribution in [-0.4, -0.2) is 9.78 Å². The number of halogens is 1. The zero-order valence-corrected chi connectivity index (χ0v) is 10.2. The van der Waals surface area contributed by atoms with Gasteiger partial charge in [-0.3, -0.25) is 4.79 Å². The molecule has 0 aliphatic heterocycles. The first-order chi connectivity index (χ1) is 6.65. The molecule has 74 valence electrons. The Bertz CT molecular complexity index is 501. The van der Waals surface area contributed by atoms with E-state index >= 15 is 0 Å². The van der Waals surface area contributed by atoms with Gasteiger partial charge in [0.05, 0.1) is 10.3 Å². The van der Waals surface area contributed by atoms with Crippen LogP contribution in [0.2, 0.25) is 0 Å². The van der Waals surface area contributed by atoms with Crippen LogP contribution in [0.1, 0.15) is 5.56 Å². The summed E-state index contributed by atoms with van der Waals surface area (Å²) in [6.45, 7) is 0.481. The largest absolute Gasteiger partial charge is 0.374 e. The molecule has 2 N–H and O–H groups in total. The number of nitrogens with zero attached hydrogens (tertiary/aromatic N) is 2. The molecule has 0 fully saturated rings. The number of anilines is 1. The van der Waals surface area contributed by atoms with E-state index in [4.69, 9.17) is 5.73 Å². The van der Waals surface area contributed by atoms with E-state index in [1.165, 1.54) is 4.68 Å². The van der Waals surface area contributed by atoms with E-state index in [1.807, 2.05) is 11.4 Å². The van der Waals surface area contributed by atoms with Crippen LogP contribution in [0.15, 0.2) is 20.0 Å². The van der Waals surface area contributed by atoms with E-state index in [1.54, 1.807) is 11.3 Å². The highest BCUT2D eigenvalue weighted by Crippen LogP contribution is 2.21. The lowest BCUT2D eigenvalue weighted by molar-refractivity contribution is 0.671. The Labute approximate surface area is 96.1 Å². The van der Waals surface area contributed by atoms with Crippen molar-refractivity contribution in [1.82, 2.24) is 9.78 Å². The molecule has 2 heterocycles. The van der Waals surface area contributed by atoms with Crippen LogP contribution in [0, 0.1) is 0 Å². The Morgan fingerprint density at radius 1 is 1.64 bits per heavy atom. The van der Waals surface area contributed by atoms with Gasteiger partial charge in [0.15, 0.2) is 0 Å². The Balaban J connectivity index is 2.26. The van der Waals surface area contributed by atoms with Crippen LogP contribution >= 0.6 is 38.6 Å². The Morgan fingerprint density at radius 2 is 2.43 bits per heavy atom. The van der Waals surface area contributed by atoms with Gasteiger partial charge in [0.25, 0.3) is 0 Å². The summed E-state index contributed by atoms with van der Waals surface area (Å²) in [6.07, 6.45) is 0. The second kappa shape index (κ2) is 3.84. The molecular weight excluding hydrogens is 286 g/mol. The molecule has 0 atom stereocenters. The maximum Gasteiger partial charge on any atom is 0.327 e. The number of aromatic nitrogens is 2. The molecule has 0 spiro atoms. The van der Waals surface area contributed by atoms with Gasteiger partial charge in [-0.05, 0) is 44.3 Å². The smallest absolute Gasteiger partial charge is 0.327 e. The molecule has 0 radical (unpaired) electrons. The van der Waals surface area contributed by atoms with Gasteiger partial charge in [-0.2, -0.15) is 0 Å². The molecule has 0 aliphatic carbocycles. The highest BCUT2D eigenvalue weighted by atomic mass is 79.9. The normalized spacial score (nSPS) is 10.6. The van der Waals surface area contributed by atoms with Gasteiger partial charge in [0.1, 0.15) is 0 Å². The van der Waals surface area contributed by atoms with Crippen molar-refractivity contribution in [2.24, 2.45) is 0 Å². The summed E-state index contributed by atoms with van der Waals surface area (Å²) in [4.78, 5) is 11.2. The Hall–Kier alpha value is -0.660. The summed E-state index contributed by atoms with van der Waals surface area (Å²) in [5.74, 6) is 0. The average molecular weight is 292 g/mol. The predicted octanol–water partition coefficient (Wildman–Crippen LogP) is 1.76. The average Bonchev–Trinajstić information content (AvgIpc) is 2.61. The maximum atomic E-state index is 11.3. The van der Waals surface area contributed by atoms with Crippen LogP contribution in [0.3, 0.4) is 0 Å². The highest BCUT2D eigenvalue weighted by Gasteiger charge is 2.04. The quantitative estimate of drug-likeness (QED) is 0.917. The minimum Gasteiger partial charge on any atom is -0.374 e. The van der Waals surface area contributed by atoms with E-state index in [2.05, 4.69) is 21.0 Å². The molecule has 2 rings (SSSR count). The standard InChI is InChI=1S/C7H6BrN3OS2/c8-5-1-4(3-13-5)2-11-7(12)14-6(9)10-11/h1,3H,2H2,(H2,9,10). The fourth-order valence-electron chi connectivity index (χ4n) is 1.02. The number of hydrogen-bond donors (Lipinski definition) is 1. The van der Waals surface area contributed by atoms with Crippen LogP contribution < -0.4 is 10.6 Å². The number of rotatable bonds is 2. The molecule has 2 aromatic rings. The zero-order chi connectivity index (χ0) is 10.1. The topological polar surface area (TPSA) is 60.9 Å². The third-order valence-corrected chi connectivity index (χ3v) is 3.81. The third kappa shape index (κ3) is 2.05. The molecule has 0 unspecified atom stereocenters. The van der Waals surface area contributed by atoms with Gasteiger partial charge >= 0.3 is 4.87 Å². The van der Waals surface area contributed by atoms with Crippen molar-refractivity contribution in [2.75, 3.05) is 5.73 Å². The second-order valence-electron chi connectivity index (χ2n) is 2.62. The molecule has 0 saturated carbocycles. The maximum absolute atomic E-state index is 11.3. The first kappa shape index (κ1) is 9.88. The van der Waals surface area contributed by atoms with Crippen LogP contribution in [0.4, 0.5) is 5.13 Å². The van der Waals surface area contributed by atoms with Crippen molar-refractivity contribution in [3.05, 3.63) is 30.5 Å². The predicted molar refractivity (Wildman–Crippen MR) is 61.9 cm³/mol. The first-order valence-electron chi connectivity index (χ1n) is 3.71. The third-order valence-electron chi connectivity index (χ3n) is 1.58. The number of thiophene rings is 1. The first-order valence-corrected chi connectivity index (χ1v) is 6.20. The van der Waals surface area contributed by atoms with Crippen LogP contribution in [-0.2, 0) is 6.54 Å². The summed E-state index contributed by atoms with van der Waals surface area (Å²) in [6, 6.07) is 1.96. The summed E-state index contributed by atoms with van der Waals surface area (Å²) >= 11 is 5.90. The number of nitrogens with two attached hydrogens (primary N) is 1. The second-order valence-corrected chi connectivity index (χ2v) is 5.89. The molecule has 0 amide bonds. The van der Waals surface area contributed by atoms with Gasteiger partial charge in [0, 0.05) is 0 Å². The van der Waals surface area contributed by atoms with Crippen LogP contribution in [0.5, 0.6) is 0 Å². The lowest BCUT2D eigenvalue weighted by Gasteiger charge is -1.94. The molecule has 14 heavy (non-hydrogen) atoms. The number of hydrogen-bond acceptors (Lipinski definition) is 5. The van der Waals surface area contributed by atoms with Gasteiger partial charge in [-0.25, -0.2) is 4.68 Å². The summed E-state index contributed by atoms with van der Waals surface area (Å²) in [5, 5.41) is 6.19. The van der Waals surface area contributed by atoms with Gasteiger partial charge in [-0.1, -0.05) is 0 Å². The lowest BCUT2D eigenvalue weighted by Crippen LogP contribution is -2.15. The molecular formula is C7H6BrN3OS2. The molecule has 0 bridgehead atoms. The van der Waals surface area contributed by atoms with Crippen molar-refractivity contribution in [3.63, 3.8) is 0 Å². The van der Waals surface area contributed by atoms with E-state index in [9.17, 15) is 4.79 Å². The Kier molecular flexibility index (Phi) is 2.71. The van der Waals surface area contributed by atoms with Crippen molar-refractivity contribution in [3.8, 4) is 0 Å². The van der Waals surface area contributed by atoms with Crippen molar-refractivity contribution < 1.29 is 0 Å². The van der Waals surface area contributed by atoms with Crippen molar-refractivity contribution in [2.45, 2.75) is 6.54 Å². The van der Waals surface area contributed by atoms with Crippen molar-refractivity contribution in [1.29, 1.82) is 0 Å². The zero-order valence-electron chi connectivity index (χ0n) is 6.94. The van der Waals surface area contributed by atoms with Gasteiger partial charge in [0.2, 0.25) is 5.13 Å². The van der Waals surface area contributed by atoms with Crippen LogP contribution in [0.25, 0.3) is 0 Å². The molecule has 0 aliphatic rings. The molecule has 4 nitrogen and oxygen atoms in total. The lowest BCUT2D eigenvalue weighted by atomic mass is 10.3. The molecule has 7 heteroatoms. The van der Waals surface area contributed by atoms with E-state index < -0.39 is 0 Å². The van der Waals surface area contributed by atoms with Gasteiger partial charge in [-0.15, -0.1) is 16.4 Å². The fraction of sp³-hybridized carbons (Fsp3) is 0.143. The monoisotopic (exact) mass is 291 g/mol. The van der Waals surface area contributed by atoms with E-state index in [-0.39, 0.29) is 4.87 Å². The van der Waals surface area contributed by atoms with E-state index in [0.717, 1.165) is 20.7 Å². The molecule has 0 saturated heterocycles. The molecule has 2 aromatic heterocycles. The minimum atomic E-state index is -0.121.